The van der Waals surface area contributed by atoms with E-state index >= 15 is 0 Å². The van der Waals surface area contributed by atoms with E-state index in [1.807, 2.05) is 77.5 Å². The summed E-state index contributed by atoms with van der Waals surface area (Å²) in [4.78, 5) is 19.5. The molecule has 8 nitrogen and oxygen atoms in total. The van der Waals surface area contributed by atoms with E-state index in [9.17, 15) is 4.79 Å². The van der Waals surface area contributed by atoms with Crippen LogP contribution in [-0.2, 0) is 11.2 Å². The number of amides is 1. The highest BCUT2D eigenvalue weighted by molar-refractivity contribution is 5.79. The molecule has 36 heavy (non-hydrogen) atoms. The molecule has 0 radical (unpaired) electrons. The number of nitrogens with one attached hydrogen (secondary N) is 1. The van der Waals surface area contributed by atoms with Crippen LogP contribution in [0.3, 0.4) is 0 Å². The number of carbonyl (C=O) groups is 1. The Morgan fingerprint density at radius 2 is 1.89 bits per heavy atom. The number of rotatable bonds is 8. The van der Waals surface area contributed by atoms with Gasteiger partial charge in [0.1, 0.15) is 11.6 Å². The molecule has 1 aliphatic rings. The molecule has 8 heteroatoms. The van der Waals surface area contributed by atoms with E-state index in [-0.39, 0.29) is 11.8 Å². The maximum atomic E-state index is 12.9. The number of methoxy groups -OCH3 is 1. The molecule has 0 spiro atoms. The molecule has 184 valence electrons. The van der Waals surface area contributed by atoms with Crippen molar-refractivity contribution in [1.82, 2.24) is 25.1 Å². The molecule has 1 fully saturated rings. The highest BCUT2D eigenvalue weighted by Gasteiger charge is 2.26. The zero-order valence-corrected chi connectivity index (χ0v) is 20.4. The molecule has 0 saturated carbocycles. The Bertz CT molecular complexity index is 1290. The van der Waals surface area contributed by atoms with Crippen LogP contribution in [0.1, 0.15) is 18.4 Å². The van der Waals surface area contributed by atoms with Crippen LogP contribution in [0, 0.1) is 5.92 Å². The summed E-state index contributed by atoms with van der Waals surface area (Å²) in [7, 11) is 1.66. The fraction of sp³-hybridized carbons (Fsp3) is 0.286. The van der Waals surface area contributed by atoms with Crippen LogP contribution in [0.2, 0.25) is 0 Å². The molecule has 1 atom stereocenters. The van der Waals surface area contributed by atoms with Crippen molar-refractivity contribution in [3.8, 4) is 23.0 Å². The second-order valence-electron chi connectivity index (χ2n) is 8.91. The standard InChI is InChI=1S/C28H30N6O2/c1-36-24-11-5-7-21(19-24)14-15-30-28(35)23-10-6-17-33(20-23)25-12-13-26(32-31-25)34-18-16-29-27(34)22-8-3-2-4-9-22/h2-5,7-9,11-13,16,18-19,23H,6,10,14-15,17,20H2,1H3,(H,30,35). The molecule has 0 aliphatic carbocycles. The lowest BCUT2D eigenvalue weighted by Gasteiger charge is -2.32. The molecule has 0 bridgehead atoms. The summed E-state index contributed by atoms with van der Waals surface area (Å²) in [5, 5.41) is 12.1. The fourth-order valence-electron chi connectivity index (χ4n) is 4.61. The highest BCUT2D eigenvalue weighted by atomic mass is 16.5. The molecular weight excluding hydrogens is 452 g/mol. The smallest absolute Gasteiger partial charge is 0.224 e. The zero-order chi connectivity index (χ0) is 24.7. The SMILES string of the molecule is COc1cccc(CCNC(=O)C2CCCN(c3ccc(-n4ccnc4-c4ccccc4)nn3)C2)c1. The minimum Gasteiger partial charge on any atom is -0.497 e. The van der Waals surface area contributed by atoms with Gasteiger partial charge < -0.3 is 15.0 Å². The first kappa shape index (κ1) is 23.5. The number of carbonyl (C=O) groups excluding carboxylic acids is 1. The molecule has 2 aromatic carbocycles. The van der Waals surface area contributed by atoms with Crippen molar-refractivity contribution in [3.05, 3.63) is 84.7 Å². The number of anilines is 1. The molecule has 2 aromatic heterocycles. The average molecular weight is 483 g/mol. The van der Waals surface area contributed by atoms with Crippen LogP contribution in [0.4, 0.5) is 5.82 Å². The van der Waals surface area contributed by atoms with Crippen LogP contribution in [0.25, 0.3) is 17.2 Å². The van der Waals surface area contributed by atoms with Gasteiger partial charge in [-0.15, -0.1) is 10.2 Å². The van der Waals surface area contributed by atoms with Gasteiger partial charge in [0.15, 0.2) is 11.6 Å². The largest absolute Gasteiger partial charge is 0.497 e. The van der Waals surface area contributed by atoms with Crippen LogP contribution in [0.5, 0.6) is 5.75 Å². The number of nitrogens with zero attached hydrogens (tertiary/aromatic N) is 5. The Hall–Kier alpha value is -4.20. The van der Waals surface area contributed by atoms with Crippen LogP contribution in [-0.4, -0.2) is 52.4 Å². The molecule has 5 rings (SSSR count). The van der Waals surface area contributed by atoms with Crippen molar-refractivity contribution in [2.75, 3.05) is 31.6 Å². The molecule has 4 aromatic rings. The summed E-state index contributed by atoms with van der Waals surface area (Å²) in [5.74, 6) is 3.18. The first-order chi connectivity index (χ1) is 17.7. The monoisotopic (exact) mass is 482 g/mol. The van der Waals surface area contributed by atoms with E-state index in [1.165, 1.54) is 0 Å². The van der Waals surface area contributed by atoms with E-state index in [2.05, 4.69) is 25.4 Å². The minimum absolute atomic E-state index is 0.0659. The number of hydrogen-bond acceptors (Lipinski definition) is 6. The van der Waals surface area contributed by atoms with Gasteiger partial charge in [0.2, 0.25) is 5.91 Å². The van der Waals surface area contributed by atoms with Crippen molar-refractivity contribution < 1.29 is 9.53 Å². The lowest BCUT2D eigenvalue weighted by atomic mass is 9.97. The van der Waals surface area contributed by atoms with Crippen molar-refractivity contribution in [2.24, 2.45) is 5.92 Å². The summed E-state index contributed by atoms with van der Waals surface area (Å²) in [6.45, 7) is 2.10. The van der Waals surface area contributed by atoms with Gasteiger partial charge in [-0.3, -0.25) is 9.36 Å². The predicted octanol–water partition coefficient (Wildman–Crippen LogP) is 3.91. The summed E-state index contributed by atoms with van der Waals surface area (Å²) in [6.07, 6.45) is 6.24. The van der Waals surface area contributed by atoms with Gasteiger partial charge in [-0.25, -0.2) is 4.98 Å². The number of piperidine rings is 1. The maximum absolute atomic E-state index is 12.9. The van der Waals surface area contributed by atoms with Crippen molar-refractivity contribution in [2.45, 2.75) is 19.3 Å². The summed E-state index contributed by atoms with van der Waals surface area (Å²) in [5.41, 5.74) is 2.16. The van der Waals surface area contributed by atoms with E-state index in [4.69, 9.17) is 4.74 Å². The van der Waals surface area contributed by atoms with Crippen LogP contribution >= 0.6 is 0 Å². The number of hydrogen-bond donors (Lipinski definition) is 1. The fourth-order valence-corrected chi connectivity index (χ4v) is 4.61. The van der Waals surface area contributed by atoms with E-state index in [0.717, 1.165) is 54.3 Å². The van der Waals surface area contributed by atoms with Crippen LogP contribution < -0.4 is 15.0 Å². The molecule has 3 heterocycles. The number of ether oxygens (including phenoxy) is 1. The van der Waals surface area contributed by atoms with Gasteiger partial charge in [-0.2, -0.15) is 0 Å². The number of imidazole rings is 1. The number of benzene rings is 2. The van der Waals surface area contributed by atoms with E-state index in [1.54, 1.807) is 13.3 Å². The van der Waals surface area contributed by atoms with Gasteiger partial charge >= 0.3 is 0 Å². The van der Waals surface area contributed by atoms with Gasteiger partial charge in [0.25, 0.3) is 0 Å². The second-order valence-corrected chi connectivity index (χ2v) is 8.91. The third-order valence-corrected chi connectivity index (χ3v) is 6.52. The second kappa shape index (κ2) is 11.0. The van der Waals surface area contributed by atoms with E-state index in [0.29, 0.717) is 18.9 Å². The van der Waals surface area contributed by atoms with Crippen molar-refractivity contribution in [1.29, 1.82) is 0 Å². The Morgan fingerprint density at radius 3 is 2.69 bits per heavy atom. The van der Waals surface area contributed by atoms with Crippen LogP contribution in [0.15, 0.2) is 79.1 Å². The van der Waals surface area contributed by atoms with Crippen molar-refractivity contribution in [3.63, 3.8) is 0 Å². The van der Waals surface area contributed by atoms with Gasteiger partial charge in [-0.05, 0) is 49.1 Å². The molecule has 1 aliphatic heterocycles. The maximum Gasteiger partial charge on any atom is 0.224 e. The zero-order valence-electron chi connectivity index (χ0n) is 20.4. The molecule has 1 saturated heterocycles. The minimum atomic E-state index is -0.0659. The molecule has 1 unspecified atom stereocenters. The van der Waals surface area contributed by atoms with Gasteiger partial charge in [0.05, 0.1) is 13.0 Å². The third kappa shape index (κ3) is 5.38. The van der Waals surface area contributed by atoms with Gasteiger partial charge in [0, 0.05) is 37.6 Å². The predicted molar refractivity (Wildman–Crippen MR) is 139 cm³/mol. The Balaban J connectivity index is 1.19. The van der Waals surface area contributed by atoms with Crippen molar-refractivity contribution >= 4 is 11.7 Å². The van der Waals surface area contributed by atoms with Gasteiger partial charge in [-0.1, -0.05) is 42.5 Å². The Kier molecular flexibility index (Phi) is 7.21. The quantitative estimate of drug-likeness (QED) is 0.410. The topological polar surface area (TPSA) is 85.2 Å². The molecule has 1 amide bonds. The normalized spacial score (nSPS) is 15.5. The molecule has 1 N–H and O–H groups in total. The summed E-state index contributed by atoms with van der Waals surface area (Å²) >= 11 is 0. The molecular formula is C28H30N6O2. The lowest BCUT2D eigenvalue weighted by Crippen LogP contribution is -2.43. The highest BCUT2D eigenvalue weighted by Crippen LogP contribution is 2.24. The average Bonchev–Trinajstić information content (AvgIpc) is 3.44. The first-order valence-electron chi connectivity index (χ1n) is 12.3. The third-order valence-electron chi connectivity index (χ3n) is 6.52. The summed E-state index contributed by atoms with van der Waals surface area (Å²) in [6, 6.07) is 21.9. The van der Waals surface area contributed by atoms with E-state index < -0.39 is 0 Å². The lowest BCUT2D eigenvalue weighted by molar-refractivity contribution is -0.125. The number of aromatic nitrogens is 4. The Morgan fingerprint density at radius 1 is 1.06 bits per heavy atom. The summed E-state index contributed by atoms with van der Waals surface area (Å²) < 4.78 is 7.21. The Labute approximate surface area is 211 Å². The first-order valence-corrected chi connectivity index (χ1v) is 12.3.